The zero-order chi connectivity index (χ0) is 12.8. The quantitative estimate of drug-likeness (QED) is 0.717. The van der Waals surface area contributed by atoms with Crippen molar-refractivity contribution in [3.05, 3.63) is 17.7 Å². The van der Waals surface area contributed by atoms with Crippen molar-refractivity contribution in [1.82, 2.24) is 4.90 Å². The average Bonchev–Trinajstić information content (AvgIpc) is 2.31. The van der Waals surface area contributed by atoms with Gasteiger partial charge in [0.05, 0.1) is 20.8 Å². The van der Waals surface area contributed by atoms with E-state index < -0.39 is 0 Å². The number of ether oxygens (including phenoxy) is 2. The molecule has 0 aliphatic carbocycles. The van der Waals surface area contributed by atoms with Crippen molar-refractivity contribution in [3.63, 3.8) is 0 Å². The second kappa shape index (κ2) is 6.32. The molecule has 0 aliphatic heterocycles. The molecule has 0 bridgehead atoms. The van der Waals surface area contributed by atoms with Gasteiger partial charge in [0.1, 0.15) is 0 Å². The van der Waals surface area contributed by atoms with E-state index in [1.54, 1.807) is 20.3 Å². The van der Waals surface area contributed by atoms with Crippen LogP contribution in [0.3, 0.4) is 0 Å². The second-order valence-electron chi connectivity index (χ2n) is 3.87. The number of methoxy groups -OCH3 is 2. The Morgan fingerprint density at radius 1 is 1.24 bits per heavy atom. The van der Waals surface area contributed by atoms with Gasteiger partial charge < -0.3 is 20.3 Å². The molecule has 1 aromatic carbocycles. The number of nitrogen functional groups attached to an aromatic ring is 1. The van der Waals surface area contributed by atoms with Crippen LogP contribution in [-0.4, -0.2) is 44.4 Å². The zero-order valence-electron chi connectivity index (χ0n) is 10.6. The van der Waals surface area contributed by atoms with Gasteiger partial charge in [-0.1, -0.05) is 0 Å². The fraction of sp³-hybridized carbons (Fsp3) is 0.500. The molecule has 1 rings (SSSR count). The first-order valence-corrected chi connectivity index (χ1v) is 5.42. The van der Waals surface area contributed by atoms with Gasteiger partial charge in [0, 0.05) is 24.8 Å². The van der Waals surface area contributed by atoms with Gasteiger partial charge in [-0.25, -0.2) is 0 Å². The third-order valence-electron chi connectivity index (χ3n) is 2.57. The summed E-state index contributed by atoms with van der Waals surface area (Å²) in [7, 11) is 5.09. The molecule has 0 heterocycles. The normalized spacial score (nSPS) is 10.6. The maximum Gasteiger partial charge on any atom is 0.162 e. The molecule has 0 aromatic heterocycles. The minimum absolute atomic E-state index is 0.129. The van der Waals surface area contributed by atoms with Crippen LogP contribution in [-0.2, 0) is 6.54 Å². The minimum atomic E-state index is 0.129. The maximum atomic E-state index is 8.85. The van der Waals surface area contributed by atoms with Gasteiger partial charge in [0.15, 0.2) is 11.5 Å². The Labute approximate surface area is 102 Å². The number of aliphatic hydroxyl groups is 1. The molecular weight excluding hydrogens is 220 g/mol. The average molecular weight is 240 g/mol. The Kier molecular flexibility index (Phi) is 5.06. The standard InChI is InChI=1S/C12H20N2O3/c1-14(4-5-15)8-9-6-11(16-2)12(17-3)7-10(9)13/h6-7,15H,4-5,8,13H2,1-3H3. The molecule has 96 valence electrons. The monoisotopic (exact) mass is 240 g/mol. The topological polar surface area (TPSA) is 68.0 Å². The first kappa shape index (κ1) is 13.6. The molecule has 0 saturated carbocycles. The maximum absolute atomic E-state index is 8.85. The summed E-state index contributed by atoms with van der Waals surface area (Å²) in [5.41, 5.74) is 7.56. The van der Waals surface area contributed by atoms with E-state index in [0.29, 0.717) is 30.3 Å². The van der Waals surface area contributed by atoms with Gasteiger partial charge in [-0.05, 0) is 18.7 Å². The molecule has 0 aliphatic rings. The summed E-state index contributed by atoms with van der Waals surface area (Å²) in [6.07, 6.45) is 0. The van der Waals surface area contributed by atoms with Gasteiger partial charge in [-0.2, -0.15) is 0 Å². The molecule has 0 atom stereocenters. The molecular formula is C12H20N2O3. The van der Waals surface area contributed by atoms with E-state index in [1.807, 2.05) is 18.0 Å². The third-order valence-corrected chi connectivity index (χ3v) is 2.57. The van der Waals surface area contributed by atoms with Crippen LogP contribution in [0, 0.1) is 0 Å². The van der Waals surface area contributed by atoms with Gasteiger partial charge in [0.2, 0.25) is 0 Å². The summed E-state index contributed by atoms with van der Waals surface area (Å²) in [6.45, 7) is 1.39. The summed E-state index contributed by atoms with van der Waals surface area (Å²) in [6, 6.07) is 3.61. The van der Waals surface area contributed by atoms with Gasteiger partial charge in [-0.15, -0.1) is 0 Å². The second-order valence-corrected chi connectivity index (χ2v) is 3.87. The fourth-order valence-electron chi connectivity index (χ4n) is 1.61. The Bertz CT molecular complexity index is 369. The summed E-state index contributed by atoms with van der Waals surface area (Å²) >= 11 is 0. The lowest BCUT2D eigenvalue weighted by Gasteiger charge is -2.18. The van der Waals surface area contributed by atoms with Crippen LogP contribution in [0.1, 0.15) is 5.56 Å². The van der Waals surface area contributed by atoms with Crippen LogP contribution in [0.4, 0.5) is 5.69 Å². The van der Waals surface area contributed by atoms with Crippen molar-refractivity contribution < 1.29 is 14.6 Å². The van der Waals surface area contributed by atoms with Crippen molar-refractivity contribution >= 4 is 5.69 Å². The van der Waals surface area contributed by atoms with Crippen LogP contribution < -0.4 is 15.2 Å². The van der Waals surface area contributed by atoms with E-state index >= 15 is 0 Å². The molecule has 3 N–H and O–H groups in total. The molecule has 5 nitrogen and oxygen atoms in total. The summed E-state index contributed by atoms with van der Waals surface area (Å²) in [5.74, 6) is 1.28. The van der Waals surface area contributed by atoms with Gasteiger partial charge >= 0.3 is 0 Å². The zero-order valence-corrected chi connectivity index (χ0v) is 10.6. The number of hydrogen-bond acceptors (Lipinski definition) is 5. The van der Waals surface area contributed by atoms with Gasteiger partial charge in [-0.3, -0.25) is 4.90 Å². The number of likely N-dealkylation sites (N-methyl/N-ethyl adjacent to an activating group) is 1. The summed E-state index contributed by atoms with van der Waals surface area (Å²) in [5, 5.41) is 8.85. The van der Waals surface area contributed by atoms with Crippen molar-refractivity contribution in [2.75, 3.05) is 40.2 Å². The van der Waals surface area contributed by atoms with E-state index in [4.69, 9.17) is 20.3 Å². The van der Waals surface area contributed by atoms with E-state index in [1.165, 1.54) is 0 Å². The van der Waals surface area contributed by atoms with Crippen molar-refractivity contribution in [2.24, 2.45) is 0 Å². The van der Waals surface area contributed by atoms with E-state index in [2.05, 4.69) is 0 Å². The Balaban J connectivity index is 2.92. The number of benzene rings is 1. The SMILES string of the molecule is COc1cc(N)c(CN(C)CCO)cc1OC. The Morgan fingerprint density at radius 3 is 2.35 bits per heavy atom. The van der Waals surface area contributed by atoms with E-state index in [0.717, 1.165) is 5.56 Å². The van der Waals surface area contributed by atoms with Crippen molar-refractivity contribution in [1.29, 1.82) is 0 Å². The number of nitrogens with two attached hydrogens (primary N) is 1. The van der Waals surface area contributed by atoms with Crippen LogP contribution >= 0.6 is 0 Å². The smallest absolute Gasteiger partial charge is 0.162 e. The largest absolute Gasteiger partial charge is 0.493 e. The highest BCUT2D eigenvalue weighted by Crippen LogP contribution is 2.32. The molecule has 0 fully saturated rings. The lowest BCUT2D eigenvalue weighted by molar-refractivity contribution is 0.217. The predicted octanol–water partition coefficient (Wildman–Crippen LogP) is 0.710. The summed E-state index contributed by atoms with van der Waals surface area (Å²) in [4.78, 5) is 1.98. The van der Waals surface area contributed by atoms with Gasteiger partial charge in [0.25, 0.3) is 0 Å². The van der Waals surface area contributed by atoms with Crippen molar-refractivity contribution in [3.8, 4) is 11.5 Å². The number of rotatable bonds is 6. The number of nitrogens with zero attached hydrogens (tertiary/aromatic N) is 1. The van der Waals surface area contributed by atoms with E-state index in [-0.39, 0.29) is 6.61 Å². The van der Waals surface area contributed by atoms with E-state index in [9.17, 15) is 0 Å². The van der Waals surface area contributed by atoms with Crippen LogP contribution in [0.2, 0.25) is 0 Å². The molecule has 17 heavy (non-hydrogen) atoms. The molecule has 5 heteroatoms. The molecule has 0 radical (unpaired) electrons. The van der Waals surface area contributed by atoms with Crippen LogP contribution in [0.25, 0.3) is 0 Å². The number of anilines is 1. The molecule has 0 amide bonds. The van der Waals surface area contributed by atoms with Crippen molar-refractivity contribution in [2.45, 2.75) is 6.54 Å². The lowest BCUT2D eigenvalue weighted by Crippen LogP contribution is -2.22. The van der Waals surface area contributed by atoms with Crippen LogP contribution in [0.5, 0.6) is 11.5 Å². The number of aliphatic hydroxyl groups excluding tert-OH is 1. The Morgan fingerprint density at radius 2 is 1.82 bits per heavy atom. The highest BCUT2D eigenvalue weighted by atomic mass is 16.5. The van der Waals surface area contributed by atoms with Crippen LogP contribution in [0.15, 0.2) is 12.1 Å². The first-order chi connectivity index (χ1) is 8.12. The first-order valence-electron chi connectivity index (χ1n) is 5.42. The molecule has 0 spiro atoms. The minimum Gasteiger partial charge on any atom is -0.493 e. The summed E-state index contributed by atoms with van der Waals surface area (Å²) < 4.78 is 10.4. The molecule has 1 aromatic rings. The predicted molar refractivity (Wildman–Crippen MR) is 67.4 cm³/mol. The lowest BCUT2D eigenvalue weighted by atomic mass is 10.1. The highest BCUT2D eigenvalue weighted by Gasteiger charge is 2.10. The highest BCUT2D eigenvalue weighted by molar-refractivity contribution is 5.57. The molecule has 0 saturated heterocycles. The number of hydrogen-bond donors (Lipinski definition) is 2. The third kappa shape index (κ3) is 3.51. The Hall–Kier alpha value is -1.46. The molecule has 0 unspecified atom stereocenters. The fourth-order valence-corrected chi connectivity index (χ4v) is 1.61.